The van der Waals surface area contributed by atoms with Crippen LogP contribution in [0.25, 0.3) is 5.69 Å². The van der Waals surface area contributed by atoms with Gasteiger partial charge in [-0.15, -0.1) is 0 Å². The van der Waals surface area contributed by atoms with E-state index in [0.717, 1.165) is 48.6 Å². The van der Waals surface area contributed by atoms with Gasteiger partial charge in [-0.3, -0.25) is 4.79 Å². The maximum atomic E-state index is 14.6. The zero-order valence-electron chi connectivity index (χ0n) is 18.2. The minimum atomic E-state index is -0.310. The van der Waals surface area contributed by atoms with Gasteiger partial charge < -0.3 is 9.47 Å². The van der Waals surface area contributed by atoms with Crippen molar-refractivity contribution in [3.8, 4) is 5.69 Å². The van der Waals surface area contributed by atoms with Crippen LogP contribution in [0.2, 0.25) is 0 Å². The lowest BCUT2D eigenvalue weighted by molar-refractivity contribution is 0.0955. The zero-order valence-corrected chi connectivity index (χ0v) is 18.2. The molecule has 0 radical (unpaired) electrons. The van der Waals surface area contributed by atoms with Crippen LogP contribution < -0.4 is 10.3 Å². The van der Waals surface area contributed by atoms with Crippen molar-refractivity contribution in [2.45, 2.75) is 33.6 Å². The predicted molar refractivity (Wildman–Crippen MR) is 123 cm³/mol. The van der Waals surface area contributed by atoms with E-state index >= 15 is 0 Å². The number of nitrogens with zero attached hydrogens (tertiary/aromatic N) is 3. The average Bonchev–Trinajstić information content (AvgIpc) is 3.40. The van der Waals surface area contributed by atoms with Gasteiger partial charge in [0, 0.05) is 41.3 Å². The van der Waals surface area contributed by atoms with Crippen molar-refractivity contribution in [1.29, 1.82) is 0 Å². The molecule has 2 heterocycles. The summed E-state index contributed by atoms with van der Waals surface area (Å²) in [6, 6.07) is 14.8. The Morgan fingerprint density at radius 2 is 1.65 bits per heavy atom. The Balaban J connectivity index is 1.43. The molecule has 0 aliphatic carbocycles. The number of anilines is 1. The quantitative estimate of drug-likeness (QED) is 0.473. The number of aromatic nitrogens is 1. The third-order valence-electron chi connectivity index (χ3n) is 5.81. The number of carbonyl (C=O) groups is 1. The SMILES string of the molecule is Cc1cc(N2CCCC2)c(F)cc1C=NNC(=O)c1ccc(-n2c(C)ccc2C)cc1. The number of halogens is 1. The smallest absolute Gasteiger partial charge is 0.271 e. The molecule has 1 amide bonds. The molecular weight excluding hydrogens is 391 g/mol. The van der Waals surface area contributed by atoms with E-state index in [-0.39, 0.29) is 11.7 Å². The van der Waals surface area contributed by atoms with Crippen molar-refractivity contribution >= 4 is 17.8 Å². The van der Waals surface area contributed by atoms with Crippen LogP contribution in [0, 0.1) is 26.6 Å². The topological polar surface area (TPSA) is 49.6 Å². The molecule has 4 rings (SSSR count). The molecule has 0 atom stereocenters. The summed E-state index contributed by atoms with van der Waals surface area (Å²) in [5.41, 5.74) is 8.53. The normalized spacial score (nSPS) is 13.9. The van der Waals surface area contributed by atoms with Crippen molar-refractivity contribution in [3.63, 3.8) is 0 Å². The van der Waals surface area contributed by atoms with Gasteiger partial charge in [0.2, 0.25) is 0 Å². The highest BCUT2D eigenvalue weighted by molar-refractivity contribution is 5.95. The van der Waals surface area contributed by atoms with Crippen LogP contribution in [0.5, 0.6) is 0 Å². The van der Waals surface area contributed by atoms with Crippen LogP contribution in [0.1, 0.15) is 45.7 Å². The van der Waals surface area contributed by atoms with E-state index < -0.39 is 0 Å². The van der Waals surface area contributed by atoms with Crippen molar-refractivity contribution in [3.05, 3.63) is 82.4 Å². The Hall–Kier alpha value is -3.41. The second kappa shape index (κ2) is 8.76. The fourth-order valence-corrected chi connectivity index (χ4v) is 4.08. The molecule has 3 aromatic rings. The molecular formula is C25H27FN4O. The largest absolute Gasteiger partial charge is 0.369 e. The molecule has 0 saturated carbocycles. The molecule has 1 fully saturated rings. The minimum Gasteiger partial charge on any atom is -0.369 e. The van der Waals surface area contributed by atoms with Gasteiger partial charge >= 0.3 is 0 Å². The third kappa shape index (κ3) is 4.38. The van der Waals surface area contributed by atoms with Crippen molar-refractivity contribution < 1.29 is 9.18 Å². The molecule has 2 aromatic carbocycles. The molecule has 5 nitrogen and oxygen atoms in total. The summed E-state index contributed by atoms with van der Waals surface area (Å²) in [5, 5.41) is 4.04. The molecule has 0 bridgehead atoms. The first-order valence-corrected chi connectivity index (χ1v) is 10.6. The number of nitrogens with one attached hydrogen (secondary N) is 1. The van der Waals surface area contributed by atoms with Crippen LogP contribution in [-0.2, 0) is 0 Å². The van der Waals surface area contributed by atoms with E-state index in [0.29, 0.717) is 16.8 Å². The fourth-order valence-electron chi connectivity index (χ4n) is 4.08. The molecule has 1 aromatic heterocycles. The summed E-state index contributed by atoms with van der Waals surface area (Å²) < 4.78 is 16.7. The molecule has 160 valence electrons. The maximum Gasteiger partial charge on any atom is 0.271 e. The van der Waals surface area contributed by atoms with Crippen LogP contribution in [-0.4, -0.2) is 29.8 Å². The van der Waals surface area contributed by atoms with Crippen LogP contribution in [0.4, 0.5) is 10.1 Å². The Morgan fingerprint density at radius 3 is 2.29 bits per heavy atom. The summed E-state index contributed by atoms with van der Waals surface area (Å²) in [5.74, 6) is -0.568. The van der Waals surface area contributed by atoms with E-state index in [1.807, 2.05) is 39.0 Å². The van der Waals surface area contributed by atoms with E-state index in [4.69, 9.17) is 0 Å². The number of aryl methyl sites for hydroxylation is 3. The highest BCUT2D eigenvalue weighted by Gasteiger charge is 2.17. The second-order valence-corrected chi connectivity index (χ2v) is 8.05. The summed E-state index contributed by atoms with van der Waals surface area (Å²) >= 11 is 0. The van der Waals surface area contributed by atoms with Crippen LogP contribution >= 0.6 is 0 Å². The Kier molecular flexibility index (Phi) is 5.89. The lowest BCUT2D eigenvalue weighted by Crippen LogP contribution is -2.19. The number of carbonyl (C=O) groups excluding carboxylic acids is 1. The summed E-state index contributed by atoms with van der Waals surface area (Å²) in [7, 11) is 0. The third-order valence-corrected chi connectivity index (χ3v) is 5.81. The monoisotopic (exact) mass is 418 g/mol. The first kappa shape index (κ1) is 20.8. The number of benzene rings is 2. The van der Waals surface area contributed by atoms with Crippen LogP contribution in [0.3, 0.4) is 0 Å². The standard InChI is InChI=1S/C25H27FN4O/c1-17-14-24(29-12-4-5-13-29)23(26)15-21(17)16-27-28-25(31)20-8-10-22(11-9-20)30-18(2)6-7-19(30)3/h6-11,14-16H,4-5,12-13H2,1-3H3,(H,28,31). The second-order valence-electron chi connectivity index (χ2n) is 8.05. The average molecular weight is 419 g/mol. The Bertz CT molecular complexity index is 1110. The Labute approximate surface area is 182 Å². The van der Waals surface area contributed by atoms with Gasteiger partial charge in [-0.25, -0.2) is 9.82 Å². The van der Waals surface area contributed by atoms with E-state index in [1.165, 1.54) is 12.3 Å². The highest BCUT2D eigenvalue weighted by atomic mass is 19.1. The van der Waals surface area contributed by atoms with E-state index in [9.17, 15) is 9.18 Å². The summed E-state index contributed by atoms with van der Waals surface area (Å²) in [6.45, 7) is 7.80. The van der Waals surface area contributed by atoms with E-state index in [2.05, 4.69) is 32.1 Å². The fraction of sp³-hybridized carbons (Fsp3) is 0.280. The first-order valence-electron chi connectivity index (χ1n) is 10.6. The van der Waals surface area contributed by atoms with Crippen LogP contribution in [0.15, 0.2) is 53.6 Å². The first-order chi connectivity index (χ1) is 14.9. The Morgan fingerprint density at radius 1 is 1.00 bits per heavy atom. The minimum absolute atomic E-state index is 0.258. The van der Waals surface area contributed by atoms with Gasteiger partial charge in [-0.1, -0.05) is 0 Å². The number of hydrogen-bond acceptors (Lipinski definition) is 3. The van der Waals surface area contributed by atoms with Crippen molar-refractivity contribution in [2.75, 3.05) is 18.0 Å². The molecule has 1 N–H and O–H groups in total. The van der Waals surface area contributed by atoms with E-state index in [1.54, 1.807) is 12.1 Å². The molecule has 31 heavy (non-hydrogen) atoms. The number of amides is 1. The highest BCUT2D eigenvalue weighted by Crippen LogP contribution is 2.26. The molecule has 1 aliphatic heterocycles. The lowest BCUT2D eigenvalue weighted by atomic mass is 10.1. The van der Waals surface area contributed by atoms with Gasteiger partial charge in [0.25, 0.3) is 5.91 Å². The molecule has 0 spiro atoms. The zero-order chi connectivity index (χ0) is 22.0. The maximum absolute atomic E-state index is 14.6. The molecule has 1 aliphatic rings. The molecule has 1 saturated heterocycles. The van der Waals surface area contributed by atoms with Crippen molar-refractivity contribution in [1.82, 2.24) is 9.99 Å². The number of hydrazone groups is 1. The van der Waals surface area contributed by atoms with Gasteiger partial charge in [0.05, 0.1) is 11.9 Å². The van der Waals surface area contributed by atoms with Gasteiger partial charge in [0.1, 0.15) is 5.82 Å². The number of rotatable bonds is 5. The predicted octanol–water partition coefficient (Wildman–Crippen LogP) is 4.91. The number of hydrogen-bond donors (Lipinski definition) is 1. The van der Waals surface area contributed by atoms with Gasteiger partial charge in [-0.2, -0.15) is 5.10 Å². The molecule has 0 unspecified atom stereocenters. The summed E-state index contributed by atoms with van der Waals surface area (Å²) in [4.78, 5) is 14.5. The summed E-state index contributed by atoms with van der Waals surface area (Å²) in [6.07, 6.45) is 3.68. The lowest BCUT2D eigenvalue weighted by Gasteiger charge is -2.19. The van der Waals surface area contributed by atoms with Gasteiger partial charge in [-0.05, 0) is 87.7 Å². The van der Waals surface area contributed by atoms with Gasteiger partial charge in [0.15, 0.2) is 0 Å². The molecule has 6 heteroatoms. The van der Waals surface area contributed by atoms with Crippen molar-refractivity contribution in [2.24, 2.45) is 5.10 Å².